The molecule has 0 aliphatic heterocycles. The molecule has 5 nitrogen and oxygen atoms in total. The molecule has 0 radical (unpaired) electrons. The summed E-state index contributed by atoms with van der Waals surface area (Å²) in [7, 11) is -3.73. The van der Waals surface area contributed by atoms with E-state index in [9.17, 15) is 13.2 Å². The molecule has 0 saturated carbocycles. The maximum Gasteiger partial charge on any atom is 0.304 e. The summed E-state index contributed by atoms with van der Waals surface area (Å²) >= 11 is 5.79. The lowest BCUT2D eigenvalue weighted by atomic mass is 10.2. The quantitative estimate of drug-likeness (QED) is 0.874. The third kappa shape index (κ3) is 3.92. The molecule has 1 N–H and O–H groups in total. The normalized spacial score (nSPS) is 13.5. The minimum Gasteiger partial charge on any atom is -0.481 e. The van der Waals surface area contributed by atoms with Crippen LogP contribution in [-0.4, -0.2) is 36.4 Å². The standard InChI is InChI=1S/C12H16ClNO4S/c1-3-14(9(2)7-12(15)16)19(17,18)11-6-4-5-10(13)8-11/h4-6,8-9H,3,7H2,1-2H3,(H,15,16). The number of sulfonamides is 1. The largest absolute Gasteiger partial charge is 0.481 e. The molecule has 1 unspecified atom stereocenters. The molecule has 0 fully saturated rings. The van der Waals surface area contributed by atoms with Crippen molar-refractivity contribution in [1.29, 1.82) is 0 Å². The molecule has 106 valence electrons. The summed E-state index contributed by atoms with van der Waals surface area (Å²) < 4.78 is 26.0. The van der Waals surface area contributed by atoms with Gasteiger partial charge in [-0.1, -0.05) is 24.6 Å². The Morgan fingerprint density at radius 3 is 2.58 bits per heavy atom. The third-order valence-electron chi connectivity index (χ3n) is 2.68. The van der Waals surface area contributed by atoms with Crippen molar-refractivity contribution in [2.75, 3.05) is 6.54 Å². The molecule has 0 bridgehead atoms. The fraction of sp³-hybridized carbons (Fsp3) is 0.417. The zero-order chi connectivity index (χ0) is 14.6. The van der Waals surface area contributed by atoms with Crippen LogP contribution in [-0.2, 0) is 14.8 Å². The molecule has 1 atom stereocenters. The predicted octanol–water partition coefficient (Wildman–Crippen LogP) is 2.21. The van der Waals surface area contributed by atoms with E-state index in [1.165, 1.54) is 12.1 Å². The van der Waals surface area contributed by atoms with Crippen LogP contribution in [0.1, 0.15) is 20.3 Å². The predicted molar refractivity (Wildman–Crippen MR) is 72.7 cm³/mol. The SMILES string of the molecule is CCN(C(C)CC(=O)O)S(=O)(=O)c1cccc(Cl)c1. The second-order valence-corrected chi connectivity index (χ2v) is 6.44. The Balaban J connectivity index is 3.12. The second kappa shape index (κ2) is 6.36. The second-order valence-electron chi connectivity index (χ2n) is 4.11. The summed E-state index contributed by atoms with van der Waals surface area (Å²) in [6, 6.07) is 5.30. The monoisotopic (exact) mass is 305 g/mol. The minimum absolute atomic E-state index is 0.0686. The Kier molecular flexibility index (Phi) is 5.34. The van der Waals surface area contributed by atoms with Crippen molar-refractivity contribution in [1.82, 2.24) is 4.31 Å². The first-order chi connectivity index (χ1) is 8.78. The molecule has 0 aliphatic carbocycles. The van der Waals surface area contributed by atoms with Gasteiger partial charge in [-0.2, -0.15) is 4.31 Å². The molecule has 0 aliphatic rings. The molecule has 19 heavy (non-hydrogen) atoms. The summed E-state index contributed by atoms with van der Waals surface area (Å²) in [6.45, 7) is 3.43. The van der Waals surface area contributed by atoms with Gasteiger partial charge in [0, 0.05) is 17.6 Å². The maximum absolute atomic E-state index is 12.4. The lowest BCUT2D eigenvalue weighted by Gasteiger charge is -2.26. The number of carbonyl (C=O) groups is 1. The number of nitrogens with zero attached hydrogens (tertiary/aromatic N) is 1. The van der Waals surface area contributed by atoms with Crippen LogP contribution in [0.2, 0.25) is 5.02 Å². The summed E-state index contributed by atoms with van der Waals surface area (Å²) in [5, 5.41) is 9.09. The zero-order valence-electron chi connectivity index (χ0n) is 10.7. The molecule has 1 aromatic carbocycles. The van der Waals surface area contributed by atoms with Crippen LogP contribution < -0.4 is 0 Å². The average Bonchev–Trinajstić information content (AvgIpc) is 2.28. The van der Waals surface area contributed by atoms with E-state index in [1.54, 1.807) is 26.0 Å². The van der Waals surface area contributed by atoms with E-state index in [2.05, 4.69) is 0 Å². The average molecular weight is 306 g/mol. The first-order valence-electron chi connectivity index (χ1n) is 5.78. The van der Waals surface area contributed by atoms with E-state index in [4.69, 9.17) is 16.7 Å². The van der Waals surface area contributed by atoms with E-state index < -0.39 is 22.0 Å². The van der Waals surface area contributed by atoms with Crippen LogP contribution >= 0.6 is 11.6 Å². The number of benzene rings is 1. The highest BCUT2D eigenvalue weighted by molar-refractivity contribution is 7.89. The molecular formula is C12H16ClNO4S. The van der Waals surface area contributed by atoms with Crippen molar-refractivity contribution in [3.63, 3.8) is 0 Å². The van der Waals surface area contributed by atoms with Gasteiger partial charge in [0.2, 0.25) is 10.0 Å². The highest BCUT2D eigenvalue weighted by Gasteiger charge is 2.28. The highest BCUT2D eigenvalue weighted by atomic mass is 35.5. The van der Waals surface area contributed by atoms with Crippen LogP contribution in [0.15, 0.2) is 29.2 Å². The lowest BCUT2D eigenvalue weighted by molar-refractivity contribution is -0.137. The minimum atomic E-state index is -3.73. The first kappa shape index (κ1) is 15.9. The summed E-state index contributed by atoms with van der Waals surface area (Å²) in [5.41, 5.74) is 0. The van der Waals surface area contributed by atoms with Gasteiger partial charge < -0.3 is 5.11 Å². The molecule has 1 aromatic rings. The van der Waals surface area contributed by atoms with Crippen LogP contribution in [0.4, 0.5) is 0 Å². The van der Waals surface area contributed by atoms with Gasteiger partial charge in [0.15, 0.2) is 0 Å². The van der Waals surface area contributed by atoms with Crippen LogP contribution in [0.3, 0.4) is 0 Å². The molecule has 0 spiro atoms. The number of aliphatic carboxylic acids is 1. The summed E-state index contributed by atoms with van der Waals surface area (Å²) in [6.07, 6.45) is -0.242. The van der Waals surface area contributed by atoms with E-state index in [1.807, 2.05) is 0 Å². The Hall–Kier alpha value is -1.11. The van der Waals surface area contributed by atoms with Gasteiger partial charge in [0.1, 0.15) is 0 Å². The number of halogens is 1. The maximum atomic E-state index is 12.4. The third-order valence-corrected chi connectivity index (χ3v) is 5.00. The van der Waals surface area contributed by atoms with Crippen LogP contribution in [0.5, 0.6) is 0 Å². The van der Waals surface area contributed by atoms with Gasteiger partial charge in [-0.05, 0) is 25.1 Å². The van der Waals surface area contributed by atoms with Crippen LogP contribution in [0.25, 0.3) is 0 Å². The van der Waals surface area contributed by atoms with E-state index in [0.29, 0.717) is 5.02 Å². The summed E-state index contributed by atoms with van der Waals surface area (Å²) in [4.78, 5) is 10.8. The van der Waals surface area contributed by atoms with Gasteiger partial charge in [0.25, 0.3) is 0 Å². The number of carboxylic acids is 1. The van der Waals surface area contributed by atoms with Crippen molar-refractivity contribution >= 4 is 27.6 Å². The number of hydrogen-bond acceptors (Lipinski definition) is 3. The molecular weight excluding hydrogens is 290 g/mol. The van der Waals surface area contributed by atoms with Gasteiger partial charge in [-0.3, -0.25) is 4.79 Å². The van der Waals surface area contributed by atoms with Gasteiger partial charge >= 0.3 is 5.97 Å². The van der Waals surface area contributed by atoms with E-state index in [-0.39, 0.29) is 17.9 Å². The fourth-order valence-electron chi connectivity index (χ4n) is 1.84. The molecule has 0 aromatic heterocycles. The van der Waals surface area contributed by atoms with Crippen molar-refractivity contribution < 1.29 is 18.3 Å². The molecule has 0 amide bonds. The van der Waals surface area contributed by atoms with Crippen molar-refractivity contribution in [3.05, 3.63) is 29.3 Å². The molecule has 7 heteroatoms. The smallest absolute Gasteiger partial charge is 0.304 e. The van der Waals surface area contributed by atoms with Crippen molar-refractivity contribution in [2.45, 2.75) is 31.2 Å². The Bertz CT molecular complexity index is 559. The summed E-state index contributed by atoms with van der Waals surface area (Å²) in [5.74, 6) is -1.03. The van der Waals surface area contributed by atoms with E-state index in [0.717, 1.165) is 4.31 Å². The van der Waals surface area contributed by atoms with Crippen molar-refractivity contribution in [3.8, 4) is 0 Å². The fourth-order valence-corrected chi connectivity index (χ4v) is 3.78. The Morgan fingerprint density at radius 1 is 1.47 bits per heavy atom. The zero-order valence-corrected chi connectivity index (χ0v) is 12.3. The number of rotatable bonds is 6. The lowest BCUT2D eigenvalue weighted by Crippen LogP contribution is -2.39. The Labute approximate surface area is 117 Å². The number of hydrogen-bond donors (Lipinski definition) is 1. The highest BCUT2D eigenvalue weighted by Crippen LogP contribution is 2.22. The first-order valence-corrected chi connectivity index (χ1v) is 7.60. The van der Waals surface area contributed by atoms with Crippen LogP contribution in [0, 0.1) is 0 Å². The molecule has 0 heterocycles. The van der Waals surface area contributed by atoms with E-state index >= 15 is 0 Å². The van der Waals surface area contributed by atoms with Gasteiger partial charge in [0.05, 0.1) is 11.3 Å². The van der Waals surface area contributed by atoms with Crippen molar-refractivity contribution in [2.24, 2.45) is 0 Å². The van der Waals surface area contributed by atoms with Gasteiger partial charge in [-0.15, -0.1) is 0 Å². The molecule has 0 saturated heterocycles. The number of carboxylic acid groups (broad SMARTS) is 1. The topological polar surface area (TPSA) is 74.7 Å². The van der Waals surface area contributed by atoms with Gasteiger partial charge in [-0.25, -0.2) is 8.42 Å². The molecule has 1 rings (SSSR count). The Morgan fingerprint density at radius 2 is 2.11 bits per heavy atom.